The normalized spacial score (nSPS) is 12.1. The summed E-state index contributed by atoms with van der Waals surface area (Å²) in [5.41, 5.74) is 1.09. The summed E-state index contributed by atoms with van der Waals surface area (Å²) >= 11 is 0. The zero-order chi connectivity index (χ0) is 25.2. The summed E-state index contributed by atoms with van der Waals surface area (Å²) in [6, 6.07) is 7.29. The molecule has 0 bridgehead atoms. The molecule has 2 heterocycles. The third-order valence-corrected chi connectivity index (χ3v) is 4.96. The first-order valence-electron chi connectivity index (χ1n) is 10.3. The number of rotatable bonds is 5. The van der Waals surface area contributed by atoms with E-state index in [1.807, 2.05) is 11.9 Å². The van der Waals surface area contributed by atoms with Gasteiger partial charge < -0.3 is 13.7 Å². The van der Waals surface area contributed by atoms with Crippen molar-refractivity contribution in [1.82, 2.24) is 14.7 Å². The summed E-state index contributed by atoms with van der Waals surface area (Å²) in [6.45, 7) is 3.42. The van der Waals surface area contributed by atoms with Gasteiger partial charge in [0.15, 0.2) is 6.39 Å². The maximum atomic E-state index is 13.1. The molecule has 1 atom stereocenters. The fourth-order valence-electron chi connectivity index (χ4n) is 3.34. The number of oxazole rings is 1. The summed E-state index contributed by atoms with van der Waals surface area (Å²) in [6.07, 6.45) is -1.81. The van der Waals surface area contributed by atoms with Crippen molar-refractivity contribution < 1.29 is 26.8 Å². The van der Waals surface area contributed by atoms with Gasteiger partial charge in [-0.1, -0.05) is 24.0 Å². The van der Waals surface area contributed by atoms with Crippen LogP contribution in [0, 0.1) is 18.8 Å². The minimum atomic E-state index is -4.48. The molecule has 2 aromatic heterocycles. The van der Waals surface area contributed by atoms with E-state index in [2.05, 4.69) is 16.8 Å². The molecule has 4 rings (SSSR count). The molecule has 4 aromatic rings. The van der Waals surface area contributed by atoms with E-state index in [0.717, 1.165) is 22.4 Å². The van der Waals surface area contributed by atoms with E-state index >= 15 is 0 Å². The Morgan fingerprint density at radius 1 is 1.20 bits per heavy atom. The molecule has 0 saturated carbocycles. The van der Waals surface area contributed by atoms with Crippen molar-refractivity contribution in [3.8, 4) is 28.7 Å². The fourth-order valence-corrected chi connectivity index (χ4v) is 3.34. The van der Waals surface area contributed by atoms with E-state index in [0.29, 0.717) is 28.1 Å². The topological polar surface area (TPSA) is 103 Å². The maximum Gasteiger partial charge on any atom is 0.440 e. The molecule has 180 valence electrons. The van der Waals surface area contributed by atoms with Crippen LogP contribution in [0.1, 0.15) is 35.3 Å². The van der Waals surface area contributed by atoms with Crippen LogP contribution in [0.4, 0.5) is 13.2 Å². The number of hydrogen-bond donors (Lipinski definition) is 1. The first-order valence-corrected chi connectivity index (χ1v) is 10.3. The SMILES string of the molecule is Cc1cc(C#CC(C)n2oc(=O)[nH]c2=O)c(-c2ccc(C(F)(F)F)cc2)c(OCc2cocn2)c1. The van der Waals surface area contributed by atoms with Crippen LogP contribution in [0.5, 0.6) is 5.75 Å². The number of ether oxygens (including phenoxy) is 1. The van der Waals surface area contributed by atoms with Crippen molar-refractivity contribution in [1.29, 1.82) is 0 Å². The van der Waals surface area contributed by atoms with E-state index in [1.54, 1.807) is 19.1 Å². The number of aryl methyl sites for hydroxylation is 1. The number of H-pyrrole nitrogens is 1. The quantitative estimate of drug-likeness (QED) is 0.423. The standard InChI is InChI=1S/C24H18F3N3O5/c1-14-9-17(4-3-15(2)30-22(31)29-23(32)35-30)21(16-5-7-18(8-6-16)24(25,26)27)20(10-14)34-12-19-11-33-13-28-19/h5-11,13,15H,12H2,1-2H3,(H,29,31,32). The molecule has 2 aromatic carbocycles. The van der Waals surface area contributed by atoms with E-state index in [4.69, 9.17) is 13.7 Å². The van der Waals surface area contributed by atoms with Gasteiger partial charge in [0, 0.05) is 11.1 Å². The van der Waals surface area contributed by atoms with Crippen molar-refractivity contribution in [3.63, 3.8) is 0 Å². The van der Waals surface area contributed by atoms with Gasteiger partial charge in [0.2, 0.25) is 0 Å². The largest absolute Gasteiger partial charge is 0.486 e. The highest BCUT2D eigenvalue weighted by Gasteiger charge is 2.30. The average Bonchev–Trinajstić information content (AvgIpc) is 3.44. The van der Waals surface area contributed by atoms with Crippen molar-refractivity contribution in [2.45, 2.75) is 32.7 Å². The summed E-state index contributed by atoms with van der Waals surface area (Å²) < 4.78 is 55.8. The number of benzene rings is 2. The molecule has 0 spiro atoms. The molecular weight excluding hydrogens is 467 g/mol. The lowest BCUT2D eigenvalue weighted by molar-refractivity contribution is -0.137. The van der Waals surface area contributed by atoms with Crippen molar-refractivity contribution in [3.05, 3.63) is 92.5 Å². The van der Waals surface area contributed by atoms with Crippen LogP contribution >= 0.6 is 0 Å². The fraction of sp³-hybridized carbons (Fsp3) is 0.208. The first-order chi connectivity index (χ1) is 16.6. The molecular formula is C24H18F3N3O5. The van der Waals surface area contributed by atoms with E-state index in [-0.39, 0.29) is 6.61 Å². The minimum Gasteiger partial charge on any atom is -0.486 e. The molecule has 0 aliphatic carbocycles. The molecule has 0 aliphatic heterocycles. The zero-order valence-electron chi connectivity index (χ0n) is 18.5. The summed E-state index contributed by atoms with van der Waals surface area (Å²) in [5, 5.41) is 0. The van der Waals surface area contributed by atoms with Gasteiger partial charge in [-0.2, -0.15) is 13.2 Å². The second-order valence-electron chi connectivity index (χ2n) is 7.61. The molecule has 0 saturated heterocycles. The van der Waals surface area contributed by atoms with E-state index in [1.165, 1.54) is 24.8 Å². The zero-order valence-corrected chi connectivity index (χ0v) is 18.5. The Kier molecular flexibility index (Phi) is 6.38. The third-order valence-electron chi connectivity index (χ3n) is 4.96. The molecule has 1 unspecified atom stereocenters. The Hall–Kier alpha value is -4.46. The highest BCUT2D eigenvalue weighted by molar-refractivity contribution is 5.78. The number of aromatic amines is 1. The number of nitrogens with zero attached hydrogens (tertiary/aromatic N) is 2. The lowest BCUT2D eigenvalue weighted by Gasteiger charge is -2.15. The van der Waals surface area contributed by atoms with Gasteiger partial charge in [0.25, 0.3) is 0 Å². The molecule has 0 aliphatic rings. The number of alkyl halides is 3. The number of nitrogens with one attached hydrogen (secondary N) is 1. The smallest absolute Gasteiger partial charge is 0.440 e. The molecule has 1 N–H and O–H groups in total. The summed E-state index contributed by atoms with van der Waals surface area (Å²) in [7, 11) is 0. The monoisotopic (exact) mass is 485 g/mol. The Morgan fingerprint density at radius 3 is 2.54 bits per heavy atom. The van der Waals surface area contributed by atoms with Crippen LogP contribution in [0.3, 0.4) is 0 Å². The van der Waals surface area contributed by atoms with E-state index in [9.17, 15) is 22.8 Å². The highest BCUT2D eigenvalue weighted by Crippen LogP contribution is 2.37. The molecule has 11 heteroatoms. The van der Waals surface area contributed by atoms with Gasteiger partial charge in [-0.25, -0.2) is 19.6 Å². The van der Waals surface area contributed by atoms with Crippen LogP contribution in [0.25, 0.3) is 11.1 Å². The molecule has 0 fully saturated rings. The number of aromatic nitrogens is 3. The Labute approximate surface area is 195 Å². The van der Waals surface area contributed by atoms with Crippen LogP contribution < -0.4 is 16.2 Å². The van der Waals surface area contributed by atoms with E-state index < -0.39 is 29.2 Å². The Balaban J connectivity index is 1.80. The predicted octanol–water partition coefficient (Wildman–Crippen LogP) is 4.30. The summed E-state index contributed by atoms with van der Waals surface area (Å²) in [5.74, 6) is 5.24. The lowest BCUT2D eigenvalue weighted by Crippen LogP contribution is -2.19. The van der Waals surface area contributed by atoms with Gasteiger partial charge in [0.05, 0.1) is 5.56 Å². The van der Waals surface area contributed by atoms with Crippen molar-refractivity contribution in [2.24, 2.45) is 0 Å². The van der Waals surface area contributed by atoms with Crippen LogP contribution in [0.2, 0.25) is 0 Å². The van der Waals surface area contributed by atoms with Crippen LogP contribution in [-0.2, 0) is 12.8 Å². The minimum absolute atomic E-state index is 0.0563. The second kappa shape index (κ2) is 9.42. The number of hydrogen-bond acceptors (Lipinski definition) is 6. The Morgan fingerprint density at radius 2 is 1.94 bits per heavy atom. The average molecular weight is 485 g/mol. The molecule has 8 nitrogen and oxygen atoms in total. The van der Waals surface area contributed by atoms with Gasteiger partial charge in [-0.15, -0.1) is 4.74 Å². The number of halogens is 3. The van der Waals surface area contributed by atoms with Crippen molar-refractivity contribution in [2.75, 3.05) is 0 Å². The van der Waals surface area contributed by atoms with Gasteiger partial charge >= 0.3 is 17.6 Å². The van der Waals surface area contributed by atoms with Crippen molar-refractivity contribution >= 4 is 0 Å². The maximum absolute atomic E-state index is 13.1. The highest BCUT2D eigenvalue weighted by atomic mass is 19.4. The predicted molar refractivity (Wildman–Crippen MR) is 118 cm³/mol. The molecule has 0 radical (unpaired) electrons. The van der Waals surface area contributed by atoms with Gasteiger partial charge in [-0.05, 0) is 49.2 Å². The van der Waals surface area contributed by atoms with Gasteiger partial charge in [-0.3, -0.25) is 0 Å². The lowest BCUT2D eigenvalue weighted by atomic mass is 9.95. The third kappa shape index (κ3) is 5.38. The molecule has 0 amide bonds. The Bertz CT molecular complexity index is 1500. The molecule has 35 heavy (non-hydrogen) atoms. The van der Waals surface area contributed by atoms with Crippen LogP contribution in [0.15, 0.2) is 67.6 Å². The first kappa shape index (κ1) is 23.7. The van der Waals surface area contributed by atoms with Gasteiger partial charge in [0.1, 0.15) is 30.4 Å². The van der Waals surface area contributed by atoms with Crippen LogP contribution in [-0.4, -0.2) is 14.7 Å². The summed E-state index contributed by atoms with van der Waals surface area (Å²) in [4.78, 5) is 29.1. The second-order valence-corrected chi connectivity index (χ2v) is 7.61.